The van der Waals surface area contributed by atoms with Crippen LogP contribution in [-0.2, 0) is 14.3 Å². The Labute approximate surface area is 123 Å². The highest BCUT2D eigenvalue weighted by Crippen LogP contribution is 2.35. The van der Waals surface area contributed by atoms with Gasteiger partial charge in [-0.05, 0) is 46.1 Å². The molecule has 1 N–H and O–H groups in total. The Kier molecular flexibility index (Phi) is 6.92. The third kappa shape index (κ3) is 4.72. The average Bonchev–Trinajstić information content (AvgIpc) is 3.30. The van der Waals surface area contributed by atoms with Crippen LogP contribution < -0.4 is 5.32 Å². The molecule has 0 aliphatic heterocycles. The van der Waals surface area contributed by atoms with Gasteiger partial charge in [0.15, 0.2) is 0 Å². The molecule has 0 bridgehead atoms. The molecule has 0 saturated heterocycles. The smallest absolute Gasteiger partial charge is 0.325 e. The molecule has 1 aliphatic rings. The van der Waals surface area contributed by atoms with Gasteiger partial charge < -0.3 is 14.8 Å². The first-order chi connectivity index (χ1) is 9.48. The molecule has 0 heterocycles. The van der Waals surface area contributed by atoms with Gasteiger partial charge in [0, 0.05) is 26.2 Å². The van der Waals surface area contributed by atoms with Crippen molar-refractivity contribution < 1.29 is 14.3 Å². The van der Waals surface area contributed by atoms with Crippen molar-refractivity contribution in [1.29, 1.82) is 0 Å². The molecule has 0 spiro atoms. The third-order valence-electron chi connectivity index (χ3n) is 4.55. The van der Waals surface area contributed by atoms with Crippen LogP contribution in [0.2, 0.25) is 0 Å². The van der Waals surface area contributed by atoms with Crippen LogP contribution in [0.15, 0.2) is 0 Å². The summed E-state index contributed by atoms with van der Waals surface area (Å²) >= 11 is 0. The van der Waals surface area contributed by atoms with Gasteiger partial charge in [0.1, 0.15) is 5.54 Å². The van der Waals surface area contributed by atoms with Crippen molar-refractivity contribution in [2.24, 2.45) is 5.92 Å². The molecular weight excluding hydrogens is 256 g/mol. The van der Waals surface area contributed by atoms with Crippen molar-refractivity contribution in [3.8, 4) is 0 Å². The van der Waals surface area contributed by atoms with E-state index >= 15 is 0 Å². The maximum atomic E-state index is 11.9. The highest BCUT2D eigenvalue weighted by Gasteiger charge is 2.36. The molecule has 0 aromatic heterocycles. The van der Waals surface area contributed by atoms with Crippen LogP contribution in [-0.4, -0.2) is 63.4 Å². The highest BCUT2D eigenvalue weighted by molar-refractivity contribution is 5.80. The number of rotatable bonds is 10. The van der Waals surface area contributed by atoms with Gasteiger partial charge in [-0.1, -0.05) is 0 Å². The van der Waals surface area contributed by atoms with Crippen molar-refractivity contribution in [2.75, 3.05) is 41.0 Å². The normalized spacial score (nSPS) is 19.7. The molecule has 2 atom stereocenters. The quantitative estimate of drug-likeness (QED) is 0.613. The number of likely N-dealkylation sites (N-methyl/N-ethyl adjacent to an activating group) is 1. The number of ether oxygens (including phenoxy) is 2. The number of nitrogens with one attached hydrogen (secondary N) is 1. The summed E-state index contributed by atoms with van der Waals surface area (Å²) in [4.78, 5) is 14.3. The molecule has 0 aromatic carbocycles. The van der Waals surface area contributed by atoms with Crippen molar-refractivity contribution >= 4 is 5.97 Å². The standard InChI is InChI=1S/C15H30N2O3/c1-12(13-6-7-13)17(10-11-19-4)9-8-15(2,16-3)14(18)20-5/h12-13,16H,6-11H2,1-5H3. The fourth-order valence-corrected chi connectivity index (χ4v) is 2.53. The first-order valence-electron chi connectivity index (χ1n) is 7.48. The van der Waals surface area contributed by atoms with Gasteiger partial charge in [0.25, 0.3) is 0 Å². The molecule has 118 valence electrons. The van der Waals surface area contributed by atoms with Crippen molar-refractivity contribution in [3.05, 3.63) is 0 Å². The lowest BCUT2D eigenvalue weighted by atomic mass is 9.97. The topological polar surface area (TPSA) is 50.8 Å². The molecular formula is C15H30N2O3. The van der Waals surface area contributed by atoms with Gasteiger partial charge in [-0.3, -0.25) is 9.69 Å². The Morgan fingerprint density at radius 2 is 2.05 bits per heavy atom. The fraction of sp³-hybridized carbons (Fsp3) is 0.933. The number of methoxy groups -OCH3 is 2. The van der Waals surface area contributed by atoms with E-state index in [-0.39, 0.29) is 5.97 Å². The summed E-state index contributed by atoms with van der Waals surface area (Å²) in [7, 11) is 4.97. The van der Waals surface area contributed by atoms with Crippen LogP contribution >= 0.6 is 0 Å². The molecule has 2 unspecified atom stereocenters. The van der Waals surface area contributed by atoms with Gasteiger partial charge in [0.2, 0.25) is 0 Å². The first kappa shape index (κ1) is 17.4. The number of carbonyl (C=O) groups is 1. The van der Waals surface area contributed by atoms with Crippen LogP contribution in [0, 0.1) is 5.92 Å². The fourth-order valence-electron chi connectivity index (χ4n) is 2.53. The Hall–Kier alpha value is -0.650. The minimum atomic E-state index is -0.622. The van der Waals surface area contributed by atoms with E-state index in [9.17, 15) is 4.79 Å². The second-order valence-electron chi connectivity index (χ2n) is 5.93. The Balaban J connectivity index is 2.56. The van der Waals surface area contributed by atoms with Crippen LogP contribution in [0.4, 0.5) is 0 Å². The van der Waals surface area contributed by atoms with Gasteiger partial charge in [0.05, 0.1) is 13.7 Å². The average molecular weight is 286 g/mol. The monoisotopic (exact) mass is 286 g/mol. The van der Waals surface area contributed by atoms with E-state index in [1.807, 2.05) is 6.92 Å². The van der Waals surface area contributed by atoms with Crippen LogP contribution in [0.5, 0.6) is 0 Å². The van der Waals surface area contributed by atoms with Gasteiger partial charge in [-0.2, -0.15) is 0 Å². The van der Waals surface area contributed by atoms with E-state index < -0.39 is 5.54 Å². The summed E-state index contributed by atoms with van der Waals surface area (Å²) in [5.74, 6) is 0.608. The molecule has 5 heteroatoms. The minimum absolute atomic E-state index is 0.203. The van der Waals surface area contributed by atoms with Crippen LogP contribution in [0.3, 0.4) is 0 Å². The van der Waals surface area contributed by atoms with E-state index in [4.69, 9.17) is 9.47 Å². The molecule has 1 rings (SSSR count). The van der Waals surface area contributed by atoms with Crippen LogP contribution in [0.1, 0.15) is 33.1 Å². The number of nitrogens with zero attached hydrogens (tertiary/aromatic N) is 1. The maximum absolute atomic E-state index is 11.9. The molecule has 0 amide bonds. The molecule has 0 aromatic rings. The second kappa shape index (κ2) is 7.96. The zero-order valence-corrected chi connectivity index (χ0v) is 13.6. The zero-order chi connectivity index (χ0) is 15.2. The maximum Gasteiger partial charge on any atom is 0.325 e. The first-order valence-corrected chi connectivity index (χ1v) is 7.48. The number of esters is 1. The van der Waals surface area contributed by atoms with E-state index in [1.165, 1.54) is 20.0 Å². The number of hydrogen-bond acceptors (Lipinski definition) is 5. The Morgan fingerprint density at radius 1 is 1.40 bits per heavy atom. The lowest BCUT2D eigenvalue weighted by molar-refractivity contribution is -0.148. The van der Waals surface area contributed by atoms with E-state index in [1.54, 1.807) is 14.2 Å². The summed E-state index contributed by atoms with van der Waals surface area (Å²) in [6.07, 6.45) is 3.38. The summed E-state index contributed by atoms with van der Waals surface area (Å²) < 4.78 is 10.1. The molecule has 1 fully saturated rings. The largest absolute Gasteiger partial charge is 0.468 e. The number of hydrogen-bond donors (Lipinski definition) is 1. The van der Waals surface area contributed by atoms with Crippen molar-refractivity contribution in [1.82, 2.24) is 10.2 Å². The summed E-state index contributed by atoms with van der Waals surface area (Å²) in [5.41, 5.74) is -0.622. The highest BCUT2D eigenvalue weighted by atomic mass is 16.5. The predicted octanol–water partition coefficient (Wildman–Crippen LogP) is 1.27. The summed E-state index contributed by atoms with van der Waals surface area (Å²) in [5, 5.41) is 3.09. The second-order valence-corrected chi connectivity index (χ2v) is 5.93. The van der Waals surface area contributed by atoms with E-state index in [0.717, 1.165) is 32.0 Å². The Morgan fingerprint density at radius 3 is 2.50 bits per heavy atom. The summed E-state index contributed by atoms with van der Waals surface area (Å²) in [6, 6.07) is 0.559. The predicted molar refractivity (Wildman–Crippen MR) is 79.7 cm³/mol. The molecule has 0 radical (unpaired) electrons. The molecule has 5 nitrogen and oxygen atoms in total. The Bertz CT molecular complexity index is 307. The minimum Gasteiger partial charge on any atom is -0.468 e. The zero-order valence-electron chi connectivity index (χ0n) is 13.6. The van der Waals surface area contributed by atoms with Gasteiger partial charge in [-0.15, -0.1) is 0 Å². The molecule has 20 heavy (non-hydrogen) atoms. The van der Waals surface area contributed by atoms with Crippen molar-refractivity contribution in [3.63, 3.8) is 0 Å². The summed E-state index contributed by atoms with van der Waals surface area (Å²) in [6.45, 7) is 6.69. The van der Waals surface area contributed by atoms with Crippen molar-refractivity contribution in [2.45, 2.75) is 44.7 Å². The number of carbonyl (C=O) groups excluding carboxylic acids is 1. The van der Waals surface area contributed by atoms with Crippen LogP contribution in [0.25, 0.3) is 0 Å². The molecule has 1 saturated carbocycles. The lowest BCUT2D eigenvalue weighted by Gasteiger charge is -2.33. The van der Waals surface area contributed by atoms with E-state index in [2.05, 4.69) is 17.1 Å². The SMILES string of the molecule is CNC(C)(CCN(CCOC)C(C)C1CC1)C(=O)OC. The lowest BCUT2D eigenvalue weighted by Crippen LogP contribution is -2.51. The van der Waals surface area contributed by atoms with Gasteiger partial charge in [-0.25, -0.2) is 0 Å². The molecule has 1 aliphatic carbocycles. The third-order valence-corrected chi connectivity index (χ3v) is 4.55. The van der Waals surface area contributed by atoms with E-state index in [0.29, 0.717) is 6.04 Å². The van der Waals surface area contributed by atoms with Gasteiger partial charge >= 0.3 is 5.97 Å².